The highest BCUT2D eigenvalue weighted by molar-refractivity contribution is 9.10. The van der Waals surface area contributed by atoms with Crippen LogP contribution in [0.2, 0.25) is 0 Å². The minimum Gasteiger partial charge on any atom is -0.480 e. The van der Waals surface area contributed by atoms with Gasteiger partial charge in [-0.25, -0.2) is 18.4 Å². The maximum Gasteiger partial charge on any atom is 0.327 e. The van der Waals surface area contributed by atoms with Gasteiger partial charge in [-0.15, -0.1) is 11.8 Å². The SMILES string of the molecule is O=C(O)[C@@H]1CSCN1C(=O)Nc1cc(Br)c(F)cc1F. The van der Waals surface area contributed by atoms with Gasteiger partial charge in [-0.3, -0.25) is 0 Å². The van der Waals surface area contributed by atoms with E-state index in [-0.39, 0.29) is 21.8 Å². The summed E-state index contributed by atoms with van der Waals surface area (Å²) in [5.74, 6) is -2.37. The van der Waals surface area contributed by atoms with E-state index >= 15 is 0 Å². The molecule has 0 unspecified atom stereocenters. The Hall–Kier alpha value is -1.35. The van der Waals surface area contributed by atoms with E-state index in [2.05, 4.69) is 21.2 Å². The fourth-order valence-corrected chi connectivity index (χ4v) is 3.14. The molecule has 0 aliphatic carbocycles. The third kappa shape index (κ3) is 3.04. The quantitative estimate of drug-likeness (QED) is 0.789. The van der Waals surface area contributed by atoms with Crippen LogP contribution in [0.4, 0.5) is 19.3 Å². The Kier molecular flexibility index (Phi) is 4.48. The summed E-state index contributed by atoms with van der Waals surface area (Å²) in [5, 5.41) is 11.2. The molecule has 1 aromatic carbocycles. The molecule has 2 rings (SSSR count). The van der Waals surface area contributed by atoms with Gasteiger partial charge in [0.05, 0.1) is 16.0 Å². The van der Waals surface area contributed by atoms with Crippen molar-refractivity contribution in [1.29, 1.82) is 0 Å². The van der Waals surface area contributed by atoms with Gasteiger partial charge in [0.25, 0.3) is 0 Å². The molecule has 0 spiro atoms. The predicted molar refractivity (Wildman–Crippen MR) is 73.7 cm³/mol. The van der Waals surface area contributed by atoms with Gasteiger partial charge >= 0.3 is 12.0 Å². The minimum absolute atomic E-state index is 0.000202. The number of nitrogens with one attached hydrogen (secondary N) is 1. The Bertz CT molecular complexity index is 573. The van der Waals surface area contributed by atoms with Crippen LogP contribution in [-0.2, 0) is 4.79 Å². The maximum atomic E-state index is 13.5. The van der Waals surface area contributed by atoms with Gasteiger partial charge < -0.3 is 15.3 Å². The van der Waals surface area contributed by atoms with Crippen molar-refractivity contribution in [2.24, 2.45) is 0 Å². The summed E-state index contributed by atoms with van der Waals surface area (Å²) in [6, 6.07) is 0.0287. The van der Waals surface area contributed by atoms with Crippen LogP contribution < -0.4 is 5.32 Å². The van der Waals surface area contributed by atoms with Crippen molar-refractivity contribution in [1.82, 2.24) is 4.90 Å². The number of benzene rings is 1. The number of nitrogens with zero attached hydrogens (tertiary/aromatic N) is 1. The third-order valence-corrected chi connectivity index (χ3v) is 4.30. The second-order valence-electron chi connectivity index (χ2n) is 4.00. The highest BCUT2D eigenvalue weighted by Crippen LogP contribution is 2.26. The Morgan fingerprint density at radius 2 is 2.10 bits per heavy atom. The monoisotopic (exact) mass is 366 g/mol. The van der Waals surface area contributed by atoms with Crippen LogP contribution in [0.25, 0.3) is 0 Å². The fourth-order valence-electron chi connectivity index (χ4n) is 1.65. The van der Waals surface area contributed by atoms with Crippen molar-refractivity contribution in [2.75, 3.05) is 16.9 Å². The van der Waals surface area contributed by atoms with Crippen LogP contribution in [0, 0.1) is 11.6 Å². The summed E-state index contributed by atoms with van der Waals surface area (Å²) < 4.78 is 26.6. The Balaban J connectivity index is 2.16. The highest BCUT2D eigenvalue weighted by atomic mass is 79.9. The molecule has 2 N–H and O–H groups in total. The molecular formula is C11H9BrF2N2O3S. The molecule has 0 aromatic heterocycles. The summed E-state index contributed by atoms with van der Waals surface area (Å²) >= 11 is 4.17. The molecule has 1 atom stereocenters. The van der Waals surface area contributed by atoms with Crippen LogP contribution in [0.3, 0.4) is 0 Å². The van der Waals surface area contributed by atoms with E-state index in [0.717, 1.165) is 11.0 Å². The third-order valence-electron chi connectivity index (χ3n) is 2.68. The van der Waals surface area contributed by atoms with Gasteiger partial charge in [-0.2, -0.15) is 0 Å². The van der Waals surface area contributed by atoms with E-state index in [1.807, 2.05) is 0 Å². The summed E-state index contributed by atoms with van der Waals surface area (Å²) in [6.45, 7) is 0. The van der Waals surface area contributed by atoms with Crippen LogP contribution in [-0.4, -0.2) is 39.7 Å². The Morgan fingerprint density at radius 3 is 2.75 bits per heavy atom. The number of carboxylic acids is 1. The van der Waals surface area contributed by atoms with Gasteiger partial charge in [0, 0.05) is 11.8 Å². The molecule has 2 amide bonds. The molecule has 1 heterocycles. The molecule has 1 aliphatic heterocycles. The van der Waals surface area contributed by atoms with Gasteiger partial charge in [0.2, 0.25) is 0 Å². The lowest BCUT2D eigenvalue weighted by molar-refractivity contribution is -0.140. The zero-order valence-corrected chi connectivity index (χ0v) is 12.3. The molecule has 1 aliphatic rings. The van der Waals surface area contributed by atoms with E-state index in [1.54, 1.807) is 0 Å². The van der Waals surface area contributed by atoms with Crippen molar-refractivity contribution in [3.63, 3.8) is 0 Å². The predicted octanol–water partition coefficient (Wildman–Crippen LogP) is 2.72. The first kappa shape index (κ1) is 15.0. The smallest absolute Gasteiger partial charge is 0.327 e. The standard InChI is InChI=1S/C11H9BrF2N2O3S/c12-5-1-8(7(14)2-6(5)13)15-11(19)16-4-20-3-9(16)10(17)18/h1-2,9H,3-4H2,(H,15,19)(H,17,18)/t9-/m0/s1. The van der Waals surface area contributed by atoms with Gasteiger partial charge in [-0.05, 0) is 22.0 Å². The highest BCUT2D eigenvalue weighted by Gasteiger charge is 2.34. The first-order valence-corrected chi connectivity index (χ1v) is 7.37. The Labute approximate surface area is 125 Å². The number of rotatable bonds is 2. The number of carbonyl (C=O) groups excluding carboxylic acids is 1. The van der Waals surface area contributed by atoms with Gasteiger partial charge in [0.15, 0.2) is 0 Å². The first-order chi connectivity index (χ1) is 9.40. The van der Waals surface area contributed by atoms with E-state index in [9.17, 15) is 18.4 Å². The van der Waals surface area contributed by atoms with E-state index in [1.165, 1.54) is 11.8 Å². The molecule has 5 nitrogen and oxygen atoms in total. The first-order valence-electron chi connectivity index (χ1n) is 5.43. The molecule has 1 saturated heterocycles. The zero-order valence-electron chi connectivity index (χ0n) is 9.90. The van der Waals surface area contributed by atoms with Crippen molar-refractivity contribution in [3.8, 4) is 0 Å². The van der Waals surface area contributed by atoms with Crippen molar-refractivity contribution >= 4 is 45.4 Å². The number of anilines is 1. The normalized spacial score (nSPS) is 18.1. The number of halogens is 3. The summed E-state index contributed by atoms with van der Waals surface area (Å²) in [4.78, 5) is 24.0. The second kappa shape index (κ2) is 5.96. The molecular weight excluding hydrogens is 358 g/mol. The van der Waals surface area contributed by atoms with Crippen LogP contribution >= 0.6 is 27.7 Å². The molecule has 9 heteroatoms. The molecule has 1 fully saturated rings. The maximum absolute atomic E-state index is 13.5. The topological polar surface area (TPSA) is 69.6 Å². The lowest BCUT2D eigenvalue weighted by Gasteiger charge is -2.21. The minimum atomic E-state index is -1.12. The van der Waals surface area contributed by atoms with Gasteiger partial charge in [-0.1, -0.05) is 0 Å². The summed E-state index contributed by atoms with van der Waals surface area (Å²) in [7, 11) is 0. The number of carboxylic acid groups (broad SMARTS) is 1. The van der Waals surface area contributed by atoms with Crippen LogP contribution in [0.1, 0.15) is 0 Å². The van der Waals surface area contributed by atoms with Crippen LogP contribution in [0.15, 0.2) is 16.6 Å². The van der Waals surface area contributed by atoms with E-state index in [4.69, 9.17) is 5.11 Å². The molecule has 0 bridgehead atoms. The number of hydrogen-bond acceptors (Lipinski definition) is 3. The Morgan fingerprint density at radius 1 is 1.40 bits per heavy atom. The number of thioether (sulfide) groups is 1. The number of aliphatic carboxylic acids is 1. The van der Waals surface area contributed by atoms with Crippen molar-refractivity contribution < 1.29 is 23.5 Å². The molecule has 20 heavy (non-hydrogen) atoms. The second-order valence-corrected chi connectivity index (χ2v) is 5.85. The molecule has 0 radical (unpaired) electrons. The van der Waals surface area contributed by atoms with Crippen LogP contribution in [0.5, 0.6) is 0 Å². The van der Waals surface area contributed by atoms with E-state index < -0.39 is 29.7 Å². The average molecular weight is 367 g/mol. The van der Waals surface area contributed by atoms with Crippen molar-refractivity contribution in [3.05, 3.63) is 28.2 Å². The molecule has 1 aromatic rings. The van der Waals surface area contributed by atoms with Crippen molar-refractivity contribution in [2.45, 2.75) is 6.04 Å². The number of amides is 2. The lowest BCUT2D eigenvalue weighted by atomic mass is 10.3. The number of hydrogen-bond donors (Lipinski definition) is 2. The number of urea groups is 1. The number of carbonyl (C=O) groups is 2. The largest absolute Gasteiger partial charge is 0.480 e. The molecule has 0 saturated carbocycles. The fraction of sp³-hybridized carbons (Fsp3) is 0.273. The average Bonchev–Trinajstić information content (AvgIpc) is 2.85. The van der Waals surface area contributed by atoms with E-state index in [0.29, 0.717) is 6.07 Å². The van der Waals surface area contributed by atoms with Gasteiger partial charge in [0.1, 0.15) is 17.7 Å². The zero-order chi connectivity index (χ0) is 14.9. The lowest BCUT2D eigenvalue weighted by Crippen LogP contribution is -2.44. The summed E-state index contributed by atoms with van der Waals surface area (Å²) in [6.07, 6.45) is 0. The molecule has 108 valence electrons. The summed E-state index contributed by atoms with van der Waals surface area (Å²) in [5.41, 5.74) is -0.218.